The molecule has 144 valence electrons. The van der Waals surface area contributed by atoms with Crippen molar-refractivity contribution in [3.63, 3.8) is 0 Å². The average molecular weight is 372 g/mol. The molecule has 2 aromatic carbocycles. The molecule has 27 heavy (non-hydrogen) atoms. The maximum absolute atomic E-state index is 10.7. The predicted octanol–water partition coefficient (Wildman–Crippen LogP) is 3.44. The molecule has 0 aliphatic carbocycles. The van der Waals surface area contributed by atoms with Crippen LogP contribution in [0.4, 0.5) is 5.69 Å². The van der Waals surface area contributed by atoms with Crippen molar-refractivity contribution >= 4 is 5.69 Å². The van der Waals surface area contributed by atoms with E-state index >= 15 is 0 Å². The Hall–Kier alpha value is -2.80. The first-order valence-corrected chi connectivity index (χ1v) is 8.94. The van der Waals surface area contributed by atoms with Gasteiger partial charge in [-0.3, -0.25) is 15.0 Å². The number of ether oxygens (including phenoxy) is 3. The summed E-state index contributed by atoms with van der Waals surface area (Å²) in [6.07, 6.45) is 1.87. The molecule has 0 N–H and O–H groups in total. The smallest absolute Gasteiger partial charge is 0.269 e. The standard InChI is InChI=1S/C20H24N2O5/c1-25-19-12-15-8-10-21(14-16(15)13-20(19)26-2)9-3-11-27-18-6-4-17(5-7-18)22(23)24/h4-7,12-13H,3,8-11,14H2,1-2H3. The summed E-state index contributed by atoms with van der Waals surface area (Å²) in [6, 6.07) is 10.3. The molecule has 0 amide bonds. The van der Waals surface area contributed by atoms with Gasteiger partial charge in [-0.2, -0.15) is 0 Å². The highest BCUT2D eigenvalue weighted by molar-refractivity contribution is 5.48. The van der Waals surface area contributed by atoms with E-state index in [2.05, 4.69) is 17.0 Å². The number of benzene rings is 2. The minimum atomic E-state index is -0.414. The summed E-state index contributed by atoms with van der Waals surface area (Å²) in [5.74, 6) is 2.20. The molecule has 0 fully saturated rings. The third kappa shape index (κ3) is 4.68. The zero-order valence-electron chi connectivity index (χ0n) is 15.6. The number of methoxy groups -OCH3 is 2. The Kier molecular flexibility index (Phi) is 6.13. The zero-order chi connectivity index (χ0) is 19.2. The summed E-state index contributed by atoms with van der Waals surface area (Å²) in [4.78, 5) is 12.6. The number of nitro benzene ring substituents is 1. The van der Waals surface area contributed by atoms with Gasteiger partial charge in [0.25, 0.3) is 5.69 Å². The van der Waals surface area contributed by atoms with Crippen LogP contribution in [0.5, 0.6) is 17.2 Å². The summed E-state index contributed by atoms with van der Waals surface area (Å²) in [7, 11) is 3.31. The minimum absolute atomic E-state index is 0.0707. The van der Waals surface area contributed by atoms with Gasteiger partial charge < -0.3 is 14.2 Å². The van der Waals surface area contributed by atoms with Crippen molar-refractivity contribution in [2.45, 2.75) is 19.4 Å². The second-order valence-corrected chi connectivity index (χ2v) is 6.46. The highest BCUT2D eigenvalue weighted by atomic mass is 16.6. The van der Waals surface area contributed by atoms with Crippen LogP contribution in [0.2, 0.25) is 0 Å². The van der Waals surface area contributed by atoms with E-state index in [1.54, 1.807) is 26.4 Å². The van der Waals surface area contributed by atoms with E-state index in [1.165, 1.54) is 23.3 Å². The van der Waals surface area contributed by atoms with Crippen LogP contribution in [0.25, 0.3) is 0 Å². The second-order valence-electron chi connectivity index (χ2n) is 6.46. The summed E-state index contributed by atoms with van der Waals surface area (Å²) in [6.45, 7) is 3.39. The molecule has 1 aliphatic heterocycles. The van der Waals surface area contributed by atoms with Crippen molar-refractivity contribution in [1.29, 1.82) is 0 Å². The number of nitrogens with zero attached hydrogens (tertiary/aromatic N) is 2. The highest BCUT2D eigenvalue weighted by Crippen LogP contribution is 2.33. The number of fused-ring (bicyclic) bond motifs is 1. The lowest BCUT2D eigenvalue weighted by Gasteiger charge is -2.29. The molecule has 0 saturated heterocycles. The Labute approximate surface area is 158 Å². The fraction of sp³-hybridized carbons (Fsp3) is 0.400. The number of nitro groups is 1. The number of hydrogen-bond acceptors (Lipinski definition) is 6. The van der Waals surface area contributed by atoms with Crippen LogP contribution in [0.1, 0.15) is 17.5 Å². The Morgan fingerprint density at radius 3 is 2.37 bits per heavy atom. The predicted molar refractivity (Wildman–Crippen MR) is 102 cm³/mol. The number of rotatable bonds is 8. The molecule has 0 aromatic heterocycles. The Morgan fingerprint density at radius 2 is 1.74 bits per heavy atom. The van der Waals surface area contributed by atoms with Gasteiger partial charge in [-0.25, -0.2) is 0 Å². The number of non-ortho nitro benzene ring substituents is 1. The quantitative estimate of drug-likeness (QED) is 0.401. The Morgan fingerprint density at radius 1 is 1.07 bits per heavy atom. The van der Waals surface area contributed by atoms with Crippen molar-refractivity contribution < 1.29 is 19.1 Å². The average Bonchev–Trinajstić information content (AvgIpc) is 2.70. The highest BCUT2D eigenvalue weighted by Gasteiger charge is 2.19. The maximum Gasteiger partial charge on any atom is 0.269 e. The van der Waals surface area contributed by atoms with Crippen molar-refractivity contribution in [1.82, 2.24) is 4.90 Å². The van der Waals surface area contributed by atoms with E-state index in [9.17, 15) is 10.1 Å². The van der Waals surface area contributed by atoms with Gasteiger partial charge in [0.05, 0.1) is 25.7 Å². The topological polar surface area (TPSA) is 74.1 Å². The van der Waals surface area contributed by atoms with Crippen LogP contribution in [0.3, 0.4) is 0 Å². The Balaban J connectivity index is 1.48. The van der Waals surface area contributed by atoms with Gasteiger partial charge in [-0.1, -0.05) is 0 Å². The molecule has 0 atom stereocenters. The normalized spacial score (nSPS) is 13.7. The monoisotopic (exact) mass is 372 g/mol. The molecule has 0 radical (unpaired) electrons. The molecule has 3 rings (SSSR count). The van der Waals surface area contributed by atoms with Crippen molar-refractivity contribution in [2.75, 3.05) is 33.9 Å². The fourth-order valence-electron chi connectivity index (χ4n) is 3.27. The van der Waals surface area contributed by atoms with Crippen molar-refractivity contribution in [3.05, 3.63) is 57.6 Å². The van der Waals surface area contributed by atoms with Crippen molar-refractivity contribution in [3.8, 4) is 17.2 Å². The van der Waals surface area contributed by atoms with E-state index in [1.807, 2.05) is 0 Å². The van der Waals surface area contributed by atoms with E-state index in [4.69, 9.17) is 14.2 Å². The van der Waals surface area contributed by atoms with Gasteiger partial charge in [0.2, 0.25) is 0 Å². The van der Waals surface area contributed by atoms with Gasteiger partial charge in [0, 0.05) is 31.8 Å². The lowest BCUT2D eigenvalue weighted by molar-refractivity contribution is -0.384. The first-order valence-electron chi connectivity index (χ1n) is 8.94. The third-order valence-electron chi connectivity index (χ3n) is 4.73. The van der Waals surface area contributed by atoms with Crippen LogP contribution >= 0.6 is 0 Å². The summed E-state index contributed by atoms with van der Waals surface area (Å²) in [5, 5.41) is 10.7. The van der Waals surface area contributed by atoms with E-state index in [0.717, 1.165) is 44.0 Å². The molecule has 0 spiro atoms. The van der Waals surface area contributed by atoms with Gasteiger partial charge >= 0.3 is 0 Å². The first kappa shape index (κ1) is 19.0. The number of hydrogen-bond donors (Lipinski definition) is 0. The minimum Gasteiger partial charge on any atom is -0.494 e. The molecule has 0 unspecified atom stereocenters. The van der Waals surface area contributed by atoms with Crippen LogP contribution in [-0.4, -0.2) is 43.7 Å². The van der Waals surface area contributed by atoms with E-state index in [0.29, 0.717) is 12.4 Å². The molecular weight excluding hydrogens is 348 g/mol. The van der Waals surface area contributed by atoms with E-state index < -0.39 is 4.92 Å². The summed E-state index contributed by atoms with van der Waals surface area (Å²) in [5.41, 5.74) is 2.66. The summed E-state index contributed by atoms with van der Waals surface area (Å²) >= 11 is 0. The molecule has 1 aliphatic rings. The summed E-state index contributed by atoms with van der Waals surface area (Å²) < 4.78 is 16.5. The largest absolute Gasteiger partial charge is 0.494 e. The van der Waals surface area contributed by atoms with Gasteiger partial charge in [0.15, 0.2) is 11.5 Å². The van der Waals surface area contributed by atoms with Crippen LogP contribution in [0.15, 0.2) is 36.4 Å². The molecule has 7 heteroatoms. The Bertz CT molecular complexity index is 792. The molecule has 7 nitrogen and oxygen atoms in total. The molecular formula is C20H24N2O5. The van der Waals surface area contributed by atoms with Crippen LogP contribution < -0.4 is 14.2 Å². The molecule has 1 heterocycles. The fourth-order valence-corrected chi connectivity index (χ4v) is 3.27. The zero-order valence-corrected chi connectivity index (χ0v) is 15.6. The van der Waals surface area contributed by atoms with E-state index in [-0.39, 0.29) is 5.69 Å². The van der Waals surface area contributed by atoms with Gasteiger partial charge in [-0.15, -0.1) is 0 Å². The van der Waals surface area contributed by atoms with Crippen LogP contribution in [0, 0.1) is 10.1 Å². The third-order valence-corrected chi connectivity index (χ3v) is 4.73. The van der Waals surface area contributed by atoms with Crippen molar-refractivity contribution in [2.24, 2.45) is 0 Å². The lowest BCUT2D eigenvalue weighted by atomic mass is 9.98. The second kappa shape index (κ2) is 8.73. The SMILES string of the molecule is COc1cc2c(cc1OC)CN(CCCOc1ccc([N+](=O)[O-])cc1)CC2. The van der Waals surface area contributed by atoms with Crippen LogP contribution in [-0.2, 0) is 13.0 Å². The molecule has 0 saturated carbocycles. The van der Waals surface area contributed by atoms with Gasteiger partial charge in [-0.05, 0) is 48.2 Å². The van der Waals surface area contributed by atoms with Gasteiger partial charge in [0.1, 0.15) is 5.75 Å². The first-order chi connectivity index (χ1) is 13.1. The molecule has 0 bridgehead atoms. The lowest BCUT2D eigenvalue weighted by Crippen LogP contribution is -2.32. The molecule has 2 aromatic rings. The maximum atomic E-state index is 10.7.